The van der Waals surface area contributed by atoms with Crippen molar-refractivity contribution in [1.82, 2.24) is 0 Å². The molecule has 0 saturated heterocycles. The summed E-state index contributed by atoms with van der Waals surface area (Å²) in [6.45, 7) is 6.42. The number of rotatable bonds is 9. The SMILES string of the molecule is CCC(CC)C(=O)O[C@H](C)CCCOc1ccc2ccc(=O)oc2c1. The van der Waals surface area contributed by atoms with Crippen molar-refractivity contribution >= 4 is 16.9 Å². The zero-order valence-corrected chi connectivity index (χ0v) is 15.1. The van der Waals surface area contributed by atoms with Crippen molar-refractivity contribution < 1.29 is 18.7 Å². The first-order valence-corrected chi connectivity index (χ1v) is 8.90. The molecule has 0 unspecified atom stereocenters. The molecule has 0 radical (unpaired) electrons. The Labute approximate surface area is 147 Å². The number of ether oxygens (including phenoxy) is 2. The van der Waals surface area contributed by atoms with Crippen molar-refractivity contribution in [2.45, 2.75) is 52.6 Å². The molecule has 2 aromatic rings. The van der Waals surface area contributed by atoms with E-state index in [2.05, 4.69) is 0 Å². The van der Waals surface area contributed by atoms with E-state index in [4.69, 9.17) is 13.9 Å². The van der Waals surface area contributed by atoms with Gasteiger partial charge in [-0.2, -0.15) is 0 Å². The molecule has 0 saturated carbocycles. The highest BCUT2D eigenvalue weighted by atomic mass is 16.5. The zero-order valence-electron chi connectivity index (χ0n) is 15.1. The predicted octanol–water partition coefficient (Wildman–Crippen LogP) is 4.32. The number of esters is 1. The van der Waals surface area contributed by atoms with Crippen LogP contribution in [0.5, 0.6) is 5.75 Å². The monoisotopic (exact) mass is 346 g/mol. The molecule has 25 heavy (non-hydrogen) atoms. The van der Waals surface area contributed by atoms with Gasteiger partial charge in [0.2, 0.25) is 0 Å². The van der Waals surface area contributed by atoms with E-state index < -0.39 is 0 Å². The number of benzene rings is 1. The normalized spacial score (nSPS) is 12.3. The smallest absolute Gasteiger partial charge is 0.336 e. The fraction of sp³-hybridized carbons (Fsp3) is 0.500. The van der Waals surface area contributed by atoms with E-state index in [0.29, 0.717) is 17.9 Å². The lowest BCUT2D eigenvalue weighted by Gasteiger charge is -2.17. The quantitative estimate of drug-likeness (QED) is 0.384. The fourth-order valence-corrected chi connectivity index (χ4v) is 2.67. The molecule has 1 heterocycles. The van der Waals surface area contributed by atoms with Gasteiger partial charge in [0.15, 0.2) is 0 Å². The molecule has 0 amide bonds. The molecule has 136 valence electrons. The summed E-state index contributed by atoms with van der Waals surface area (Å²) in [6, 6.07) is 8.54. The number of hydrogen-bond acceptors (Lipinski definition) is 5. The molecule has 0 fully saturated rings. The Morgan fingerprint density at radius 1 is 1.16 bits per heavy atom. The maximum absolute atomic E-state index is 11.9. The van der Waals surface area contributed by atoms with Crippen molar-refractivity contribution in [3.63, 3.8) is 0 Å². The van der Waals surface area contributed by atoms with Crippen LogP contribution in [0.3, 0.4) is 0 Å². The van der Waals surface area contributed by atoms with Crippen molar-refractivity contribution in [2.24, 2.45) is 5.92 Å². The first kappa shape index (κ1) is 19.0. The number of hydrogen-bond donors (Lipinski definition) is 0. The summed E-state index contributed by atoms with van der Waals surface area (Å²) in [4.78, 5) is 23.2. The van der Waals surface area contributed by atoms with E-state index in [-0.39, 0.29) is 23.6 Å². The average molecular weight is 346 g/mol. The maximum Gasteiger partial charge on any atom is 0.336 e. The first-order valence-electron chi connectivity index (χ1n) is 8.90. The molecule has 1 aromatic carbocycles. The predicted molar refractivity (Wildman–Crippen MR) is 96.8 cm³/mol. The van der Waals surface area contributed by atoms with E-state index in [0.717, 1.165) is 31.1 Å². The van der Waals surface area contributed by atoms with Gasteiger partial charge < -0.3 is 13.9 Å². The molecule has 0 aliphatic carbocycles. The van der Waals surface area contributed by atoms with Crippen LogP contribution in [0.2, 0.25) is 0 Å². The summed E-state index contributed by atoms with van der Waals surface area (Å²) in [5.41, 5.74) is 0.134. The Balaban J connectivity index is 1.77. The summed E-state index contributed by atoms with van der Waals surface area (Å²) in [6.07, 6.45) is 3.01. The maximum atomic E-state index is 11.9. The highest BCUT2D eigenvalue weighted by Crippen LogP contribution is 2.20. The third-order valence-corrected chi connectivity index (χ3v) is 4.25. The van der Waals surface area contributed by atoms with Gasteiger partial charge in [-0.25, -0.2) is 4.79 Å². The van der Waals surface area contributed by atoms with Crippen LogP contribution in [-0.4, -0.2) is 18.7 Å². The molecule has 0 bridgehead atoms. The zero-order chi connectivity index (χ0) is 18.2. The summed E-state index contributed by atoms with van der Waals surface area (Å²) in [5, 5.41) is 0.855. The van der Waals surface area contributed by atoms with Crippen LogP contribution < -0.4 is 10.4 Å². The van der Waals surface area contributed by atoms with Crippen molar-refractivity contribution in [3.05, 3.63) is 40.8 Å². The van der Waals surface area contributed by atoms with E-state index in [1.54, 1.807) is 12.1 Å². The lowest BCUT2D eigenvalue weighted by Crippen LogP contribution is -2.22. The van der Waals surface area contributed by atoms with Gasteiger partial charge in [-0.3, -0.25) is 4.79 Å². The van der Waals surface area contributed by atoms with Crippen LogP contribution in [0.25, 0.3) is 11.0 Å². The highest BCUT2D eigenvalue weighted by Gasteiger charge is 2.18. The van der Waals surface area contributed by atoms with E-state index >= 15 is 0 Å². The number of carbonyl (C=O) groups is 1. The summed E-state index contributed by atoms with van der Waals surface area (Å²) < 4.78 is 16.3. The van der Waals surface area contributed by atoms with Gasteiger partial charge in [0, 0.05) is 17.5 Å². The summed E-state index contributed by atoms with van der Waals surface area (Å²) in [7, 11) is 0. The van der Waals surface area contributed by atoms with Crippen molar-refractivity contribution in [1.29, 1.82) is 0 Å². The third kappa shape index (κ3) is 5.62. The van der Waals surface area contributed by atoms with Crippen LogP contribution in [0.4, 0.5) is 0 Å². The van der Waals surface area contributed by atoms with Gasteiger partial charge in [0.25, 0.3) is 0 Å². The molecule has 5 heteroatoms. The average Bonchev–Trinajstić information content (AvgIpc) is 2.59. The Hall–Kier alpha value is -2.30. The second kappa shape index (κ2) is 9.25. The lowest BCUT2D eigenvalue weighted by molar-refractivity contribution is -0.153. The Morgan fingerprint density at radius 2 is 1.88 bits per heavy atom. The van der Waals surface area contributed by atoms with Crippen LogP contribution in [0, 0.1) is 5.92 Å². The standard InChI is InChI=1S/C20H26O5/c1-4-15(5-2)20(22)24-14(3)7-6-12-23-17-10-8-16-9-11-19(21)25-18(16)13-17/h8-11,13-15H,4-7,12H2,1-3H3/t14-/m1/s1. The summed E-state index contributed by atoms with van der Waals surface area (Å²) in [5.74, 6) is 0.539. The van der Waals surface area contributed by atoms with Crippen molar-refractivity contribution in [2.75, 3.05) is 6.61 Å². The van der Waals surface area contributed by atoms with E-state index in [1.165, 1.54) is 6.07 Å². The third-order valence-electron chi connectivity index (χ3n) is 4.25. The Morgan fingerprint density at radius 3 is 2.60 bits per heavy atom. The molecule has 0 spiro atoms. The van der Waals surface area contributed by atoms with Gasteiger partial charge >= 0.3 is 11.6 Å². The molecule has 0 aliphatic rings. The minimum Gasteiger partial charge on any atom is -0.493 e. The fourth-order valence-electron chi connectivity index (χ4n) is 2.67. The van der Waals surface area contributed by atoms with Crippen LogP contribution in [0.15, 0.2) is 39.5 Å². The van der Waals surface area contributed by atoms with Gasteiger partial charge in [-0.15, -0.1) is 0 Å². The minimum atomic E-state index is -0.377. The molecule has 0 N–H and O–H groups in total. The molecular weight excluding hydrogens is 320 g/mol. The lowest BCUT2D eigenvalue weighted by atomic mass is 10.0. The highest BCUT2D eigenvalue weighted by molar-refractivity contribution is 5.77. The molecule has 2 rings (SSSR count). The Bertz CT molecular complexity index is 745. The second-order valence-corrected chi connectivity index (χ2v) is 6.21. The molecule has 1 aromatic heterocycles. The molecule has 5 nitrogen and oxygen atoms in total. The van der Waals surface area contributed by atoms with E-state index in [9.17, 15) is 9.59 Å². The minimum absolute atomic E-state index is 0.00837. The molecule has 1 atom stereocenters. The van der Waals surface area contributed by atoms with Crippen LogP contribution in [0.1, 0.15) is 46.5 Å². The number of carbonyl (C=O) groups excluding carboxylic acids is 1. The molecular formula is C20H26O5. The van der Waals surface area contributed by atoms with Crippen LogP contribution in [-0.2, 0) is 9.53 Å². The van der Waals surface area contributed by atoms with Gasteiger partial charge in [-0.1, -0.05) is 13.8 Å². The van der Waals surface area contributed by atoms with Gasteiger partial charge in [0.1, 0.15) is 11.3 Å². The van der Waals surface area contributed by atoms with Crippen LogP contribution >= 0.6 is 0 Å². The van der Waals surface area contributed by atoms with Gasteiger partial charge in [0.05, 0.1) is 18.6 Å². The number of fused-ring (bicyclic) bond motifs is 1. The van der Waals surface area contributed by atoms with Crippen molar-refractivity contribution in [3.8, 4) is 5.75 Å². The second-order valence-electron chi connectivity index (χ2n) is 6.21. The summed E-state index contributed by atoms with van der Waals surface area (Å²) >= 11 is 0. The van der Waals surface area contributed by atoms with Gasteiger partial charge in [-0.05, 0) is 50.8 Å². The largest absolute Gasteiger partial charge is 0.493 e. The Kier molecular flexibility index (Phi) is 7.04. The topological polar surface area (TPSA) is 65.7 Å². The first-order chi connectivity index (χ1) is 12.0. The van der Waals surface area contributed by atoms with E-state index in [1.807, 2.05) is 32.9 Å². The molecule has 0 aliphatic heterocycles.